The van der Waals surface area contributed by atoms with Crippen molar-refractivity contribution in [1.29, 1.82) is 0 Å². The Hall–Kier alpha value is -3.47. The Kier molecular flexibility index (Phi) is 5.87. The number of imide groups is 1. The zero-order valence-corrected chi connectivity index (χ0v) is 21.1. The molecule has 0 radical (unpaired) electrons. The molecule has 0 spiro atoms. The first-order valence-corrected chi connectivity index (χ1v) is 13.8. The fraction of sp³-hybridized carbons (Fsp3) is 0.154. The molecular weight excluding hydrogens is 515 g/mol. The monoisotopic (exact) mass is 533 g/mol. The summed E-state index contributed by atoms with van der Waals surface area (Å²) in [6, 6.07) is 21.8. The van der Waals surface area contributed by atoms with Crippen LogP contribution in [0.3, 0.4) is 0 Å². The van der Waals surface area contributed by atoms with Gasteiger partial charge in [-0.15, -0.1) is 11.3 Å². The van der Waals surface area contributed by atoms with Crippen molar-refractivity contribution in [3.63, 3.8) is 0 Å². The van der Waals surface area contributed by atoms with Gasteiger partial charge in [-0.05, 0) is 35.7 Å². The number of thiophene rings is 1. The number of amides is 3. The summed E-state index contributed by atoms with van der Waals surface area (Å²) in [6.07, 6.45) is 0. The molecule has 1 N–H and O–H groups in total. The number of nitrogens with one attached hydrogen (secondary N) is 1. The zero-order valence-electron chi connectivity index (χ0n) is 18.7. The molecule has 3 amide bonds. The van der Waals surface area contributed by atoms with E-state index in [1.54, 1.807) is 36.4 Å². The molecule has 2 aliphatic rings. The minimum absolute atomic E-state index is 0.175. The molecule has 180 valence electrons. The van der Waals surface area contributed by atoms with Crippen LogP contribution in [0.15, 0.2) is 88.0 Å². The summed E-state index contributed by atoms with van der Waals surface area (Å²) in [5, 5.41) is 4.64. The van der Waals surface area contributed by atoms with Gasteiger partial charge in [-0.2, -0.15) is 0 Å². The highest BCUT2D eigenvalue weighted by Crippen LogP contribution is 2.54. The third kappa shape index (κ3) is 3.82. The summed E-state index contributed by atoms with van der Waals surface area (Å²) < 4.78 is 1.43. The Morgan fingerprint density at radius 3 is 2.31 bits per heavy atom. The average Bonchev–Trinajstić information content (AvgIpc) is 3.58. The van der Waals surface area contributed by atoms with Gasteiger partial charge in [0.2, 0.25) is 17.7 Å². The van der Waals surface area contributed by atoms with E-state index in [2.05, 4.69) is 5.32 Å². The van der Waals surface area contributed by atoms with Crippen LogP contribution in [0.4, 0.5) is 11.4 Å². The summed E-state index contributed by atoms with van der Waals surface area (Å²) in [7, 11) is 0. The van der Waals surface area contributed by atoms with E-state index in [1.807, 2.05) is 41.8 Å². The second kappa shape index (κ2) is 9.20. The van der Waals surface area contributed by atoms with Gasteiger partial charge in [-0.25, -0.2) is 4.90 Å². The molecule has 6 rings (SSSR count). The lowest BCUT2D eigenvalue weighted by atomic mass is 9.87. The molecule has 36 heavy (non-hydrogen) atoms. The highest BCUT2D eigenvalue weighted by atomic mass is 32.2. The lowest BCUT2D eigenvalue weighted by molar-refractivity contribution is -0.122. The quantitative estimate of drug-likeness (QED) is 0.384. The van der Waals surface area contributed by atoms with Gasteiger partial charge in [0.05, 0.1) is 16.6 Å². The molecule has 0 saturated carbocycles. The number of hydrogen-bond acceptors (Lipinski definition) is 7. The first kappa shape index (κ1) is 23.0. The van der Waals surface area contributed by atoms with Crippen LogP contribution < -0.4 is 15.1 Å². The summed E-state index contributed by atoms with van der Waals surface area (Å²) >= 11 is 3.77. The van der Waals surface area contributed by atoms with Gasteiger partial charge in [0, 0.05) is 21.4 Å². The number of carbonyl (C=O) groups is 3. The van der Waals surface area contributed by atoms with Crippen LogP contribution in [0.1, 0.15) is 15.7 Å². The normalized spacial score (nSPS) is 20.8. The molecule has 0 aliphatic carbocycles. The number of anilines is 2. The number of thioether (sulfide) groups is 1. The number of carbonyl (C=O) groups excluding carboxylic acids is 3. The van der Waals surface area contributed by atoms with Crippen molar-refractivity contribution in [1.82, 2.24) is 4.57 Å². The first-order valence-electron chi connectivity index (χ1n) is 11.2. The van der Waals surface area contributed by atoms with Crippen LogP contribution in [-0.2, 0) is 20.9 Å². The molecule has 2 unspecified atom stereocenters. The van der Waals surface area contributed by atoms with E-state index in [9.17, 15) is 19.2 Å². The number of hydrogen-bond donors (Lipinski definition) is 1. The van der Waals surface area contributed by atoms with Crippen LogP contribution in [-0.4, -0.2) is 27.5 Å². The molecule has 3 atom stereocenters. The zero-order chi connectivity index (χ0) is 24.8. The number of benzene rings is 2. The Morgan fingerprint density at radius 1 is 0.889 bits per heavy atom. The largest absolute Gasteiger partial charge is 0.325 e. The molecule has 2 aromatic heterocycles. The molecule has 1 saturated heterocycles. The van der Waals surface area contributed by atoms with E-state index >= 15 is 0 Å². The molecule has 0 bridgehead atoms. The van der Waals surface area contributed by atoms with Gasteiger partial charge in [0.25, 0.3) is 0 Å². The SMILES string of the molecule is O=C(Cn1c2c(sc1=O)[C@H](c1cccs1)C1C(=O)N(c3ccccc3)C(=O)C1S2)Nc1ccccc1. The fourth-order valence-electron chi connectivity index (χ4n) is 4.73. The Morgan fingerprint density at radius 2 is 1.61 bits per heavy atom. The number of thiazole rings is 1. The second-order valence-electron chi connectivity index (χ2n) is 8.44. The van der Waals surface area contributed by atoms with Gasteiger partial charge < -0.3 is 5.32 Å². The number of rotatable bonds is 5. The summed E-state index contributed by atoms with van der Waals surface area (Å²) in [4.78, 5) is 55.8. The first-order chi connectivity index (χ1) is 17.5. The van der Waals surface area contributed by atoms with E-state index in [-0.39, 0.29) is 29.1 Å². The summed E-state index contributed by atoms with van der Waals surface area (Å²) in [5.74, 6) is -1.95. The van der Waals surface area contributed by atoms with Gasteiger partial charge in [0.1, 0.15) is 11.8 Å². The van der Waals surface area contributed by atoms with E-state index in [4.69, 9.17) is 0 Å². The van der Waals surface area contributed by atoms with Crippen LogP contribution in [0, 0.1) is 5.92 Å². The number of para-hydroxylation sites is 2. The third-order valence-electron chi connectivity index (χ3n) is 6.27. The Balaban J connectivity index is 1.40. The summed E-state index contributed by atoms with van der Waals surface area (Å²) in [6.45, 7) is -0.175. The number of fused-ring (bicyclic) bond motifs is 2. The van der Waals surface area contributed by atoms with E-state index in [0.717, 1.165) is 21.1 Å². The topological polar surface area (TPSA) is 88.5 Å². The van der Waals surface area contributed by atoms with Crippen molar-refractivity contribution in [3.8, 4) is 0 Å². The molecular formula is C26H19N3O4S3. The van der Waals surface area contributed by atoms with Crippen molar-refractivity contribution in [2.45, 2.75) is 22.7 Å². The standard InChI is InChI=1S/C26H19N3O4S3/c30-18(27-15-8-3-1-4-9-15)14-28-25-22(36-26(28)33)19(17-12-7-13-34-17)20-21(35-25)24(32)29(23(20)31)16-10-5-2-6-11-16/h1-13,19-21H,14H2,(H,27,30)/t19-,20?,21?/m1/s1. The fourth-order valence-corrected chi connectivity index (χ4v) is 8.45. The number of aromatic nitrogens is 1. The van der Waals surface area contributed by atoms with E-state index in [0.29, 0.717) is 16.4 Å². The van der Waals surface area contributed by atoms with Crippen LogP contribution in [0.25, 0.3) is 0 Å². The maximum atomic E-state index is 13.7. The predicted molar refractivity (Wildman–Crippen MR) is 142 cm³/mol. The lowest BCUT2D eigenvalue weighted by Crippen LogP contribution is -2.32. The molecule has 4 heterocycles. The molecule has 7 nitrogen and oxygen atoms in total. The van der Waals surface area contributed by atoms with Crippen molar-refractivity contribution in [2.75, 3.05) is 10.2 Å². The molecule has 1 fully saturated rings. The van der Waals surface area contributed by atoms with Crippen LogP contribution >= 0.6 is 34.4 Å². The van der Waals surface area contributed by atoms with Crippen LogP contribution in [0.5, 0.6) is 0 Å². The Labute approximate surface area is 218 Å². The minimum atomic E-state index is -0.685. The molecule has 10 heteroatoms. The highest BCUT2D eigenvalue weighted by molar-refractivity contribution is 8.00. The maximum absolute atomic E-state index is 13.7. The molecule has 2 aromatic carbocycles. The Bertz CT molecular complexity index is 1510. The predicted octanol–water partition coefficient (Wildman–Crippen LogP) is 4.41. The minimum Gasteiger partial charge on any atom is -0.325 e. The van der Waals surface area contributed by atoms with Crippen LogP contribution in [0.2, 0.25) is 0 Å². The van der Waals surface area contributed by atoms with Crippen molar-refractivity contribution in [2.24, 2.45) is 5.92 Å². The highest BCUT2D eigenvalue weighted by Gasteiger charge is 2.57. The summed E-state index contributed by atoms with van der Waals surface area (Å²) in [5.41, 5.74) is 1.18. The molecule has 2 aliphatic heterocycles. The van der Waals surface area contributed by atoms with Gasteiger partial charge in [0.15, 0.2) is 0 Å². The number of nitrogens with zero attached hydrogens (tertiary/aromatic N) is 2. The van der Waals surface area contributed by atoms with E-state index in [1.165, 1.54) is 32.6 Å². The third-order valence-corrected chi connectivity index (χ3v) is 9.83. The molecule has 4 aromatic rings. The van der Waals surface area contributed by atoms with Gasteiger partial charge >= 0.3 is 4.87 Å². The van der Waals surface area contributed by atoms with Crippen molar-refractivity contribution >= 4 is 63.5 Å². The maximum Gasteiger partial charge on any atom is 0.308 e. The van der Waals surface area contributed by atoms with Crippen molar-refractivity contribution < 1.29 is 14.4 Å². The van der Waals surface area contributed by atoms with Crippen molar-refractivity contribution in [3.05, 3.63) is 97.6 Å². The van der Waals surface area contributed by atoms with E-state index < -0.39 is 17.1 Å². The lowest BCUT2D eigenvalue weighted by Gasteiger charge is -2.29. The second-order valence-corrected chi connectivity index (χ2v) is 11.5. The van der Waals surface area contributed by atoms with Gasteiger partial charge in [-0.1, -0.05) is 65.6 Å². The average molecular weight is 534 g/mol. The van der Waals surface area contributed by atoms with Gasteiger partial charge in [-0.3, -0.25) is 23.7 Å². The smallest absolute Gasteiger partial charge is 0.308 e.